The van der Waals surface area contributed by atoms with Gasteiger partial charge in [0.2, 0.25) is 0 Å². The van der Waals surface area contributed by atoms with Gasteiger partial charge in [-0.2, -0.15) is 0 Å². The number of nitrogens with one attached hydrogen (secondary N) is 1. The van der Waals surface area contributed by atoms with Gasteiger partial charge in [0.1, 0.15) is 0 Å². The molecule has 0 radical (unpaired) electrons. The van der Waals surface area contributed by atoms with E-state index in [9.17, 15) is 14.7 Å². The Kier molecular flexibility index (Phi) is 6.73. The quantitative estimate of drug-likeness (QED) is 0.779. The van der Waals surface area contributed by atoms with Crippen LogP contribution >= 0.6 is 23.2 Å². The third kappa shape index (κ3) is 4.80. The molecule has 1 aromatic carbocycles. The van der Waals surface area contributed by atoms with Gasteiger partial charge in [-0.05, 0) is 42.5 Å². The van der Waals surface area contributed by atoms with Crippen LogP contribution < -0.4 is 10.9 Å². The van der Waals surface area contributed by atoms with E-state index in [4.69, 9.17) is 23.2 Å². The highest BCUT2D eigenvalue weighted by Gasteiger charge is 2.20. The van der Waals surface area contributed by atoms with Gasteiger partial charge in [0.05, 0.1) is 15.6 Å². The Hall–Kier alpha value is -1.98. The number of aromatic hydroxyl groups is 1. The van der Waals surface area contributed by atoms with Gasteiger partial charge in [-0.3, -0.25) is 9.59 Å². The van der Waals surface area contributed by atoms with Gasteiger partial charge in [0.15, 0.2) is 5.75 Å². The molecule has 1 amide bonds. The number of nitrogens with zero attached hydrogens (tertiary/aromatic N) is 1. The number of aryl methyl sites for hydroxylation is 2. The maximum atomic E-state index is 12.5. The normalized spacial score (nSPS) is 12.2. The molecule has 0 spiro atoms. The van der Waals surface area contributed by atoms with Crippen molar-refractivity contribution in [2.24, 2.45) is 13.0 Å². The van der Waals surface area contributed by atoms with Crippen LogP contribution in [0.25, 0.3) is 0 Å². The van der Waals surface area contributed by atoms with Gasteiger partial charge in [-0.25, -0.2) is 0 Å². The van der Waals surface area contributed by atoms with Crippen LogP contribution in [-0.4, -0.2) is 21.6 Å². The average molecular weight is 397 g/mol. The second-order valence-electron chi connectivity index (χ2n) is 6.61. The molecule has 1 aromatic heterocycles. The Balaban J connectivity index is 2.10. The van der Waals surface area contributed by atoms with E-state index < -0.39 is 17.2 Å². The number of halogens is 2. The predicted octanol–water partition coefficient (Wildman–Crippen LogP) is 3.78. The molecule has 0 bridgehead atoms. The molecule has 140 valence electrons. The number of amides is 1. The van der Waals surface area contributed by atoms with E-state index >= 15 is 0 Å². The summed E-state index contributed by atoms with van der Waals surface area (Å²) in [5.41, 5.74) is 0.401. The number of benzene rings is 1. The maximum Gasteiger partial charge on any atom is 0.293 e. The highest BCUT2D eigenvalue weighted by atomic mass is 35.5. The Morgan fingerprint density at radius 1 is 1.23 bits per heavy atom. The molecule has 1 heterocycles. The molecule has 0 saturated carbocycles. The Morgan fingerprint density at radius 2 is 1.92 bits per heavy atom. The number of hydrogen-bond donors (Lipinski definition) is 2. The summed E-state index contributed by atoms with van der Waals surface area (Å²) in [5, 5.41) is 13.9. The number of carbonyl (C=O) groups is 1. The van der Waals surface area contributed by atoms with Crippen molar-refractivity contribution in [1.82, 2.24) is 9.88 Å². The summed E-state index contributed by atoms with van der Waals surface area (Å²) in [6.07, 6.45) is 2.85. The number of hydrogen-bond acceptors (Lipinski definition) is 3. The second-order valence-corrected chi connectivity index (χ2v) is 7.42. The molecule has 1 atom stereocenters. The highest BCUT2D eigenvalue weighted by Crippen LogP contribution is 2.24. The van der Waals surface area contributed by atoms with Gasteiger partial charge in [-0.15, -0.1) is 0 Å². The molecule has 7 heteroatoms. The highest BCUT2D eigenvalue weighted by molar-refractivity contribution is 6.42. The summed E-state index contributed by atoms with van der Waals surface area (Å²) in [6, 6.07) is 6.78. The minimum absolute atomic E-state index is 0.0201. The molecule has 0 fully saturated rings. The van der Waals surface area contributed by atoms with Crippen molar-refractivity contribution in [2.75, 3.05) is 0 Å². The predicted molar refractivity (Wildman–Crippen MR) is 104 cm³/mol. The van der Waals surface area contributed by atoms with Gasteiger partial charge in [0, 0.05) is 19.3 Å². The van der Waals surface area contributed by atoms with Crippen LogP contribution in [0.1, 0.15) is 36.2 Å². The molecule has 0 saturated heterocycles. The van der Waals surface area contributed by atoms with Gasteiger partial charge < -0.3 is 15.0 Å². The summed E-state index contributed by atoms with van der Waals surface area (Å²) in [6.45, 7) is 4.01. The fraction of sp³-hybridized carbons (Fsp3) is 0.368. The van der Waals surface area contributed by atoms with Crippen molar-refractivity contribution in [3.63, 3.8) is 0 Å². The molecular formula is C19H22Cl2N2O3. The summed E-state index contributed by atoms with van der Waals surface area (Å²) in [4.78, 5) is 24.3. The molecule has 0 aliphatic rings. The lowest BCUT2D eigenvalue weighted by atomic mass is 9.96. The summed E-state index contributed by atoms with van der Waals surface area (Å²) >= 11 is 12.0. The molecule has 5 nitrogen and oxygen atoms in total. The van der Waals surface area contributed by atoms with Crippen LogP contribution in [0, 0.1) is 5.92 Å². The SMILES string of the molecule is CC(C)C(CCc1ccc(Cl)c(Cl)c1)NC(=O)c1ccn(C)c(=O)c1O. The van der Waals surface area contributed by atoms with E-state index in [1.54, 1.807) is 6.07 Å². The first-order valence-electron chi connectivity index (χ1n) is 8.34. The average Bonchev–Trinajstić information content (AvgIpc) is 2.59. The fourth-order valence-corrected chi connectivity index (χ4v) is 2.95. The Labute approximate surface area is 162 Å². The third-order valence-corrected chi connectivity index (χ3v) is 5.08. The van der Waals surface area contributed by atoms with Crippen molar-refractivity contribution in [1.29, 1.82) is 0 Å². The van der Waals surface area contributed by atoms with E-state index in [2.05, 4.69) is 5.32 Å². The summed E-state index contributed by atoms with van der Waals surface area (Å²) < 4.78 is 1.22. The van der Waals surface area contributed by atoms with Crippen LogP contribution in [0.3, 0.4) is 0 Å². The zero-order chi connectivity index (χ0) is 19.4. The van der Waals surface area contributed by atoms with Crippen molar-refractivity contribution in [3.05, 3.63) is 62.0 Å². The van der Waals surface area contributed by atoms with Crippen LogP contribution in [0.5, 0.6) is 5.75 Å². The van der Waals surface area contributed by atoms with E-state index in [1.807, 2.05) is 26.0 Å². The Bertz CT molecular complexity index is 862. The van der Waals surface area contributed by atoms with E-state index in [1.165, 1.54) is 23.9 Å². The van der Waals surface area contributed by atoms with Crippen molar-refractivity contribution < 1.29 is 9.90 Å². The van der Waals surface area contributed by atoms with E-state index in [-0.39, 0.29) is 17.5 Å². The first kappa shape index (κ1) is 20.3. The van der Waals surface area contributed by atoms with Crippen LogP contribution in [-0.2, 0) is 13.5 Å². The minimum atomic E-state index is -0.602. The largest absolute Gasteiger partial charge is 0.502 e. The van der Waals surface area contributed by atoms with Crippen molar-refractivity contribution >= 4 is 29.1 Å². The molecule has 2 aromatic rings. The van der Waals surface area contributed by atoms with Crippen molar-refractivity contribution in [3.8, 4) is 5.75 Å². The summed E-state index contributed by atoms with van der Waals surface area (Å²) in [7, 11) is 1.51. The zero-order valence-corrected chi connectivity index (χ0v) is 16.4. The first-order valence-corrected chi connectivity index (χ1v) is 9.09. The van der Waals surface area contributed by atoms with E-state index in [0.29, 0.717) is 22.9 Å². The van der Waals surface area contributed by atoms with E-state index in [0.717, 1.165) is 5.56 Å². The number of aromatic nitrogens is 1. The smallest absolute Gasteiger partial charge is 0.293 e. The third-order valence-electron chi connectivity index (χ3n) is 4.34. The molecular weight excluding hydrogens is 375 g/mol. The lowest BCUT2D eigenvalue weighted by Crippen LogP contribution is -2.39. The maximum absolute atomic E-state index is 12.5. The van der Waals surface area contributed by atoms with Crippen LogP contribution in [0.15, 0.2) is 35.3 Å². The molecule has 26 heavy (non-hydrogen) atoms. The molecule has 0 aliphatic heterocycles. The van der Waals surface area contributed by atoms with Crippen LogP contribution in [0.2, 0.25) is 10.0 Å². The topological polar surface area (TPSA) is 71.3 Å². The molecule has 1 unspecified atom stereocenters. The van der Waals surface area contributed by atoms with Gasteiger partial charge in [-0.1, -0.05) is 43.1 Å². The monoisotopic (exact) mass is 396 g/mol. The zero-order valence-electron chi connectivity index (χ0n) is 14.9. The lowest BCUT2D eigenvalue weighted by Gasteiger charge is -2.23. The number of carbonyl (C=O) groups excluding carboxylic acids is 1. The Morgan fingerprint density at radius 3 is 2.54 bits per heavy atom. The lowest BCUT2D eigenvalue weighted by molar-refractivity contribution is 0.0920. The minimum Gasteiger partial charge on any atom is -0.502 e. The van der Waals surface area contributed by atoms with Gasteiger partial charge >= 0.3 is 0 Å². The summed E-state index contributed by atoms with van der Waals surface area (Å²) in [5.74, 6) is -0.831. The number of rotatable bonds is 6. The number of pyridine rings is 1. The molecule has 2 rings (SSSR count). The van der Waals surface area contributed by atoms with Gasteiger partial charge in [0.25, 0.3) is 11.5 Å². The standard InChI is InChI=1S/C19H22Cl2N2O3/c1-11(2)16(7-5-12-4-6-14(20)15(21)10-12)22-18(25)13-8-9-23(3)19(26)17(13)24/h4,6,8-11,16,24H,5,7H2,1-3H3,(H,22,25). The second kappa shape index (κ2) is 8.60. The molecule has 2 N–H and O–H groups in total. The fourth-order valence-electron chi connectivity index (χ4n) is 2.63. The first-order chi connectivity index (χ1) is 12.2. The van der Waals surface area contributed by atoms with Crippen LogP contribution in [0.4, 0.5) is 0 Å². The molecule has 0 aliphatic carbocycles. The van der Waals surface area contributed by atoms with Crippen molar-refractivity contribution in [2.45, 2.75) is 32.7 Å².